The van der Waals surface area contributed by atoms with Crippen molar-refractivity contribution < 1.29 is 9.47 Å². The average Bonchev–Trinajstić information content (AvgIpc) is 2.63. The molecule has 0 amide bonds. The quantitative estimate of drug-likeness (QED) is 0.603. The van der Waals surface area contributed by atoms with Gasteiger partial charge < -0.3 is 0 Å². The van der Waals surface area contributed by atoms with E-state index in [0.29, 0.717) is 23.0 Å². The van der Waals surface area contributed by atoms with Crippen LogP contribution in [0.2, 0.25) is 5.09 Å². The first-order valence-electron chi connectivity index (χ1n) is 6.37. The molecule has 0 aromatic heterocycles. The molecule has 0 aromatic rings. The van der Waals surface area contributed by atoms with Crippen LogP contribution in [0.1, 0.15) is 26.7 Å². The van der Waals surface area contributed by atoms with Crippen molar-refractivity contribution in [3.63, 3.8) is 0 Å². The molecule has 0 spiro atoms. The van der Waals surface area contributed by atoms with Gasteiger partial charge in [0.25, 0.3) is 0 Å². The third-order valence-electron chi connectivity index (χ3n) is 5.85. The molecule has 2 saturated carbocycles. The molecule has 0 N–H and O–H groups in total. The molecule has 5 atom stereocenters. The van der Waals surface area contributed by atoms with Crippen molar-refractivity contribution in [2.75, 3.05) is 13.2 Å². The summed E-state index contributed by atoms with van der Waals surface area (Å²) in [7, 11) is 0. The van der Waals surface area contributed by atoms with Crippen LogP contribution >= 0.6 is 0 Å². The fraction of sp³-hybridized carbons (Fsp3) is 1.00. The van der Waals surface area contributed by atoms with Gasteiger partial charge in [0.15, 0.2) is 0 Å². The van der Waals surface area contributed by atoms with Crippen molar-refractivity contribution in [1.29, 1.82) is 0 Å². The van der Waals surface area contributed by atoms with E-state index in [-0.39, 0.29) is 0 Å². The van der Waals surface area contributed by atoms with Crippen molar-refractivity contribution in [2.45, 2.75) is 44.0 Å². The van der Waals surface area contributed by atoms with E-state index in [9.17, 15) is 0 Å². The van der Waals surface area contributed by atoms with Crippen LogP contribution in [0, 0.1) is 16.7 Å². The molecular formula is C12H19LiO2. The molecule has 3 rings (SSSR count). The molecule has 3 fully saturated rings. The van der Waals surface area contributed by atoms with Crippen LogP contribution in [0.15, 0.2) is 0 Å². The molecule has 15 heavy (non-hydrogen) atoms. The van der Waals surface area contributed by atoms with E-state index < -0.39 is 0 Å². The van der Waals surface area contributed by atoms with Crippen LogP contribution in [0.4, 0.5) is 0 Å². The second-order valence-corrected chi connectivity index (χ2v) is 5.96. The third kappa shape index (κ3) is 1.10. The zero-order valence-electron chi connectivity index (χ0n) is 10.1. The molecule has 0 radical (unpaired) electrons. The first-order chi connectivity index (χ1) is 7.13. The number of ether oxygens (including phenoxy) is 2. The molecule has 0 aromatic carbocycles. The average molecular weight is 202 g/mol. The van der Waals surface area contributed by atoms with E-state index in [0.717, 1.165) is 19.1 Å². The van der Waals surface area contributed by atoms with Crippen molar-refractivity contribution in [3.8, 4) is 0 Å². The zero-order chi connectivity index (χ0) is 10.7. The van der Waals surface area contributed by atoms with Crippen molar-refractivity contribution >= 4 is 17.7 Å². The SMILES string of the molecule is [Li][CH2]C1(C)C2CCC1(C)C1OCCOC21. The summed E-state index contributed by atoms with van der Waals surface area (Å²) in [4.78, 5) is 0. The first-order valence-corrected chi connectivity index (χ1v) is 6.37. The Bertz CT molecular complexity index is 279. The number of fused-ring (bicyclic) bond motifs is 5. The Balaban J connectivity index is 2.02. The van der Waals surface area contributed by atoms with E-state index in [1.54, 1.807) is 0 Å². The predicted octanol–water partition coefficient (Wildman–Crippen LogP) is 1.79. The van der Waals surface area contributed by atoms with Crippen molar-refractivity contribution in [2.24, 2.45) is 16.7 Å². The van der Waals surface area contributed by atoms with Gasteiger partial charge in [-0.25, -0.2) is 0 Å². The van der Waals surface area contributed by atoms with Gasteiger partial charge in [0.2, 0.25) is 0 Å². The standard InChI is InChI=1S/C12H19O2.Li/c1-11(2)8-4-5-12(11,3)10-9(8)13-6-7-14-10;/h8-10H,1,4-7H2,2-3H3;. The molecule has 2 aliphatic carbocycles. The van der Waals surface area contributed by atoms with Crippen LogP contribution in [0.25, 0.3) is 0 Å². The van der Waals surface area contributed by atoms with Gasteiger partial charge in [0.1, 0.15) is 0 Å². The fourth-order valence-electron chi connectivity index (χ4n) is 4.56. The van der Waals surface area contributed by atoms with Gasteiger partial charge in [-0.3, -0.25) is 0 Å². The molecule has 5 unspecified atom stereocenters. The Morgan fingerprint density at radius 3 is 2.67 bits per heavy atom. The van der Waals surface area contributed by atoms with Crippen LogP contribution < -0.4 is 0 Å². The Labute approximate surface area is 101 Å². The van der Waals surface area contributed by atoms with Crippen LogP contribution in [0.3, 0.4) is 0 Å². The van der Waals surface area contributed by atoms with E-state index >= 15 is 0 Å². The van der Waals surface area contributed by atoms with Crippen LogP contribution in [-0.4, -0.2) is 43.1 Å². The van der Waals surface area contributed by atoms with Gasteiger partial charge >= 0.3 is 101 Å². The maximum absolute atomic E-state index is 6.01. The van der Waals surface area contributed by atoms with E-state index in [4.69, 9.17) is 9.47 Å². The Morgan fingerprint density at radius 1 is 1.27 bits per heavy atom. The third-order valence-corrected chi connectivity index (χ3v) is 5.85. The van der Waals surface area contributed by atoms with Crippen molar-refractivity contribution in [3.05, 3.63) is 0 Å². The van der Waals surface area contributed by atoms with Crippen molar-refractivity contribution in [1.82, 2.24) is 0 Å². The minimum atomic E-state index is 0.359. The van der Waals surface area contributed by atoms with E-state index in [1.807, 2.05) is 0 Å². The molecule has 3 heteroatoms. The van der Waals surface area contributed by atoms with Crippen LogP contribution in [-0.2, 0) is 9.47 Å². The van der Waals surface area contributed by atoms with Gasteiger partial charge in [-0.05, 0) is 0 Å². The molecule has 1 aliphatic heterocycles. The monoisotopic (exact) mass is 202 g/mol. The van der Waals surface area contributed by atoms with Gasteiger partial charge in [0, 0.05) is 0 Å². The van der Waals surface area contributed by atoms with Gasteiger partial charge in [-0.2, -0.15) is 0 Å². The molecule has 3 aliphatic rings. The van der Waals surface area contributed by atoms with Gasteiger partial charge in [-0.1, -0.05) is 0 Å². The molecular weight excluding hydrogens is 183 g/mol. The normalized spacial score (nSPS) is 58.3. The number of hydrogen-bond acceptors (Lipinski definition) is 2. The number of rotatable bonds is 1. The Kier molecular flexibility index (Phi) is 2.32. The summed E-state index contributed by atoms with van der Waals surface area (Å²) < 4.78 is 12.0. The van der Waals surface area contributed by atoms with Crippen LogP contribution in [0.5, 0.6) is 0 Å². The second-order valence-electron chi connectivity index (χ2n) is 5.96. The summed E-state index contributed by atoms with van der Waals surface area (Å²) in [5, 5.41) is 1.26. The predicted molar refractivity (Wildman–Crippen MR) is 59.0 cm³/mol. The second kappa shape index (κ2) is 3.26. The van der Waals surface area contributed by atoms with Gasteiger partial charge in [0.05, 0.1) is 0 Å². The molecule has 2 nitrogen and oxygen atoms in total. The zero-order valence-corrected chi connectivity index (χ0v) is 10.1. The Hall–Kier alpha value is 0.517. The molecule has 1 heterocycles. The molecule has 1 saturated heterocycles. The Morgan fingerprint density at radius 2 is 2.00 bits per heavy atom. The fourth-order valence-corrected chi connectivity index (χ4v) is 4.56. The molecule has 2 bridgehead atoms. The maximum atomic E-state index is 6.01. The molecule has 80 valence electrons. The summed E-state index contributed by atoms with van der Waals surface area (Å²) in [5.74, 6) is 0.734. The van der Waals surface area contributed by atoms with Gasteiger partial charge in [-0.15, -0.1) is 0 Å². The van der Waals surface area contributed by atoms with E-state index in [2.05, 4.69) is 31.6 Å². The summed E-state index contributed by atoms with van der Waals surface area (Å²) in [6.07, 6.45) is 3.43. The summed E-state index contributed by atoms with van der Waals surface area (Å²) >= 11 is 2.33. The number of hydrogen-bond donors (Lipinski definition) is 0. The minimum absolute atomic E-state index is 0.359. The summed E-state index contributed by atoms with van der Waals surface area (Å²) in [6.45, 7) is 6.47. The summed E-state index contributed by atoms with van der Waals surface area (Å²) in [5.41, 5.74) is 0.796. The topological polar surface area (TPSA) is 18.5 Å². The first kappa shape index (κ1) is 10.7. The summed E-state index contributed by atoms with van der Waals surface area (Å²) in [6, 6.07) is 0. The van der Waals surface area contributed by atoms with E-state index in [1.165, 1.54) is 17.9 Å².